The van der Waals surface area contributed by atoms with Gasteiger partial charge in [-0.3, -0.25) is 9.36 Å². The number of nitrogens with zero attached hydrogens (tertiary/aromatic N) is 3. The number of benzene rings is 2. The number of ether oxygens (including phenoxy) is 1. The Balaban J connectivity index is 1.52. The van der Waals surface area contributed by atoms with Crippen LogP contribution in [0, 0.1) is 0 Å². The molecule has 0 saturated carbocycles. The molecule has 0 bridgehead atoms. The van der Waals surface area contributed by atoms with Gasteiger partial charge >= 0.3 is 0 Å². The first kappa shape index (κ1) is 16.7. The molecule has 0 saturated heterocycles. The number of hydrogen-bond acceptors (Lipinski definition) is 4. The van der Waals surface area contributed by atoms with E-state index in [1.807, 2.05) is 59.2 Å². The van der Waals surface area contributed by atoms with Gasteiger partial charge < -0.3 is 10.1 Å². The van der Waals surface area contributed by atoms with Gasteiger partial charge in [0.2, 0.25) is 0 Å². The van der Waals surface area contributed by atoms with Gasteiger partial charge in [0.05, 0.1) is 6.54 Å². The Morgan fingerprint density at radius 3 is 2.60 bits per heavy atom. The van der Waals surface area contributed by atoms with Gasteiger partial charge in [-0.15, -0.1) is 10.2 Å². The molecule has 0 aliphatic heterocycles. The van der Waals surface area contributed by atoms with Gasteiger partial charge in [0.1, 0.15) is 12.1 Å². The van der Waals surface area contributed by atoms with Crippen LogP contribution in [0.5, 0.6) is 5.75 Å². The van der Waals surface area contributed by atoms with Crippen molar-refractivity contribution < 1.29 is 9.53 Å². The summed E-state index contributed by atoms with van der Waals surface area (Å²) >= 11 is 0. The molecule has 128 valence electrons. The van der Waals surface area contributed by atoms with Crippen molar-refractivity contribution in [3.05, 3.63) is 72.3 Å². The molecule has 0 spiro atoms. The predicted molar refractivity (Wildman–Crippen MR) is 94.5 cm³/mol. The van der Waals surface area contributed by atoms with Gasteiger partial charge in [0.25, 0.3) is 5.91 Å². The van der Waals surface area contributed by atoms with E-state index in [0.29, 0.717) is 11.6 Å². The number of hydrogen-bond donors (Lipinski definition) is 1. The molecule has 0 aliphatic rings. The van der Waals surface area contributed by atoms with Gasteiger partial charge in [0, 0.05) is 5.69 Å². The zero-order valence-electron chi connectivity index (χ0n) is 14.1. The number of amides is 1. The summed E-state index contributed by atoms with van der Waals surface area (Å²) in [5.74, 6) is 1.13. The molecule has 0 fully saturated rings. The quantitative estimate of drug-likeness (QED) is 0.720. The monoisotopic (exact) mass is 336 g/mol. The van der Waals surface area contributed by atoms with Crippen LogP contribution in [0.2, 0.25) is 0 Å². The van der Waals surface area contributed by atoms with Crippen LogP contribution in [0.4, 0.5) is 0 Å². The third-order valence-electron chi connectivity index (χ3n) is 3.80. The third kappa shape index (κ3) is 4.44. The Labute approximate surface area is 146 Å². The molecule has 0 unspecified atom stereocenters. The fraction of sp³-hybridized carbons (Fsp3) is 0.211. The lowest BCUT2D eigenvalue weighted by molar-refractivity contribution is -0.123. The fourth-order valence-electron chi connectivity index (χ4n) is 2.38. The van der Waals surface area contributed by atoms with Crippen LogP contribution >= 0.6 is 0 Å². The maximum Gasteiger partial charge on any atom is 0.258 e. The van der Waals surface area contributed by atoms with E-state index < -0.39 is 0 Å². The van der Waals surface area contributed by atoms with E-state index in [2.05, 4.69) is 22.4 Å². The van der Waals surface area contributed by atoms with Gasteiger partial charge in [-0.2, -0.15) is 0 Å². The Kier molecular flexibility index (Phi) is 5.41. The molecule has 1 heterocycles. The maximum absolute atomic E-state index is 12.0. The molecule has 3 aromatic rings. The number of carbonyl (C=O) groups excluding carboxylic acids is 1. The molecular formula is C19H20N4O2. The van der Waals surface area contributed by atoms with E-state index in [4.69, 9.17) is 4.74 Å². The van der Waals surface area contributed by atoms with Gasteiger partial charge in [0.15, 0.2) is 12.4 Å². The summed E-state index contributed by atoms with van der Waals surface area (Å²) in [6, 6.07) is 17.5. The Bertz CT molecular complexity index is 813. The van der Waals surface area contributed by atoms with Crippen molar-refractivity contribution in [1.29, 1.82) is 0 Å². The highest BCUT2D eigenvalue weighted by Gasteiger charge is 2.09. The topological polar surface area (TPSA) is 69.0 Å². The Morgan fingerprint density at radius 1 is 1.12 bits per heavy atom. The van der Waals surface area contributed by atoms with E-state index in [1.54, 1.807) is 6.33 Å². The molecule has 0 aliphatic carbocycles. The van der Waals surface area contributed by atoms with Crippen LogP contribution in [0.15, 0.2) is 60.9 Å². The molecule has 25 heavy (non-hydrogen) atoms. The van der Waals surface area contributed by atoms with Crippen molar-refractivity contribution in [3.8, 4) is 11.4 Å². The molecule has 3 rings (SSSR count). The van der Waals surface area contributed by atoms with E-state index in [1.165, 1.54) is 5.56 Å². The molecule has 1 N–H and O–H groups in total. The smallest absolute Gasteiger partial charge is 0.258 e. The van der Waals surface area contributed by atoms with E-state index >= 15 is 0 Å². The third-order valence-corrected chi connectivity index (χ3v) is 3.80. The second-order valence-corrected chi connectivity index (χ2v) is 5.52. The molecule has 0 radical (unpaired) electrons. The molecular weight excluding hydrogens is 316 g/mol. The van der Waals surface area contributed by atoms with Crippen molar-refractivity contribution in [1.82, 2.24) is 20.1 Å². The first-order chi connectivity index (χ1) is 12.3. The van der Waals surface area contributed by atoms with Crippen molar-refractivity contribution in [2.24, 2.45) is 0 Å². The number of rotatable bonds is 7. The first-order valence-electron chi connectivity index (χ1n) is 8.19. The predicted octanol–water partition coefficient (Wildman–Crippen LogP) is 2.52. The zero-order valence-corrected chi connectivity index (χ0v) is 14.1. The number of para-hydroxylation sites is 1. The van der Waals surface area contributed by atoms with Crippen molar-refractivity contribution in [3.63, 3.8) is 0 Å². The van der Waals surface area contributed by atoms with Crippen LogP contribution < -0.4 is 10.1 Å². The van der Waals surface area contributed by atoms with Crippen LogP contribution in [0.1, 0.15) is 18.3 Å². The highest BCUT2D eigenvalue weighted by molar-refractivity contribution is 5.77. The molecule has 6 heteroatoms. The van der Waals surface area contributed by atoms with Crippen LogP contribution in [0.3, 0.4) is 0 Å². The normalized spacial score (nSPS) is 10.4. The van der Waals surface area contributed by atoms with Crippen molar-refractivity contribution in [2.75, 3.05) is 6.61 Å². The SMILES string of the molecule is CCc1ccc(OCC(=O)NCc2nncn2-c2ccccc2)cc1. The fourth-order valence-corrected chi connectivity index (χ4v) is 2.38. The van der Waals surface area contributed by atoms with Crippen molar-refractivity contribution in [2.45, 2.75) is 19.9 Å². The van der Waals surface area contributed by atoms with Gasteiger partial charge in [-0.1, -0.05) is 37.3 Å². The summed E-state index contributed by atoms with van der Waals surface area (Å²) in [7, 11) is 0. The summed E-state index contributed by atoms with van der Waals surface area (Å²) in [5, 5.41) is 10.8. The van der Waals surface area contributed by atoms with Gasteiger partial charge in [-0.25, -0.2) is 0 Å². The van der Waals surface area contributed by atoms with Crippen molar-refractivity contribution >= 4 is 5.91 Å². The average molecular weight is 336 g/mol. The number of nitrogens with one attached hydrogen (secondary N) is 1. The Morgan fingerprint density at radius 2 is 1.88 bits per heavy atom. The van der Waals surface area contributed by atoms with Crippen LogP contribution in [-0.2, 0) is 17.8 Å². The lowest BCUT2D eigenvalue weighted by atomic mass is 10.2. The first-order valence-corrected chi connectivity index (χ1v) is 8.19. The lowest BCUT2D eigenvalue weighted by Gasteiger charge is -2.09. The Hall–Kier alpha value is -3.15. The number of aryl methyl sites for hydroxylation is 1. The standard InChI is InChI=1S/C19H20N4O2/c1-2-15-8-10-17(11-9-15)25-13-19(24)20-12-18-22-21-14-23(18)16-6-4-3-5-7-16/h3-11,14H,2,12-13H2,1H3,(H,20,24). The largest absolute Gasteiger partial charge is 0.484 e. The van der Waals surface area contributed by atoms with E-state index in [-0.39, 0.29) is 19.1 Å². The second-order valence-electron chi connectivity index (χ2n) is 5.52. The minimum Gasteiger partial charge on any atom is -0.484 e. The van der Waals surface area contributed by atoms with Crippen LogP contribution in [0.25, 0.3) is 5.69 Å². The summed E-state index contributed by atoms with van der Waals surface area (Å²) < 4.78 is 7.34. The zero-order chi connectivity index (χ0) is 17.5. The summed E-state index contributed by atoms with van der Waals surface area (Å²) in [6.07, 6.45) is 2.60. The maximum atomic E-state index is 12.0. The highest BCUT2D eigenvalue weighted by Crippen LogP contribution is 2.12. The minimum atomic E-state index is -0.206. The van der Waals surface area contributed by atoms with E-state index in [0.717, 1.165) is 12.1 Å². The average Bonchev–Trinajstić information content (AvgIpc) is 3.14. The number of carbonyl (C=O) groups is 1. The summed E-state index contributed by atoms with van der Waals surface area (Å²) in [4.78, 5) is 12.0. The minimum absolute atomic E-state index is 0.0368. The molecule has 0 atom stereocenters. The lowest BCUT2D eigenvalue weighted by Crippen LogP contribution is -2.29. The second kappa shape index (κ2) is 8.10. The highest BCUT2D eigenvalue weighted by atomic mass is 16.5. The molecule has 2 aromatic carbocycles. The molecule has 6 nitrogen and oxygen atoms in total. The van der Waals surface area contributed by atoms with Crippen LogP contribution in [-0.4, -0.2) is 27.3 Å². The number of aromatic nitrogens is 3. The summed E-state index contributed by atoms with van der Waals surface area (Å²) in [6.45, 7) is 2.34. The van der Waals surface area contributed by atoms with Gasteiger partial charge in [-0.05, 0) is 36.2 Å². The molecule has 1 amide bonds. The van der Waals surface area contributed by atoms with E-state index in [9.17, 15) is 4.79 Å². The summed E-state index contributed by atoms with van der Waals surface area (Å²) in [5.41, 5.74) is 2.18. The molecule has 1 aromatic heterocycles.